The molecule has 1 aromatic heterocycles. The fourth-order valence-electron chi connectivity index (χ4n) is 3.45. The predicted molar refractivity (Wildman–Crippen MR) is 123 cm³/mol. The third-order valence-corrected chi connectivity index (χ3v) is 6.03. The van der Waals surface area contributed by atoms with Crippen molar-refractivity contribution in [3.8, 4) is 17.1 Å². The lowest BCUT2D eigenvalue weighted by molar-refractivity contribution is 0.0759. The zero-order valence-corrected chi connectivity index (χ0v) is 19.4. The number of hydrogen-bond donors (Lipinski definition) is 2. The number of rotatable bonds is 4. The highest BCUT2D eigenvalue weighted by Crippen LogP contribution is 2.33. The van der Waals surface area contributed by atoms with Crippen molar-refractivity contribution in [1.82, 2.24) is 25.3 Å². The third kappa shape index (κ3) is 4.40. The Labute approximate surface area is 193 Å². The molecule has 2 heterocycles. The van der Waals surface area contributed by atoms with E-state index in [-0.39, 0.29) is 5.91 Å². The lowest BCUT2D eigenvalue weighted by Gasteiger charge is -2.27. The molecule has 1 aliphatic heterocycles. The molecule has 156 valence electrons. The number of benzene rings is 2. The van der Waals surface area contributed by atoms with Gasteiger partial charge in [-0.15, -0.1) is 0 Å². The lowest BCUT2D eigenvalue weighted by Crippen LogP contribution is -2.52. The summed E-state index contributed by atoms with van der Waals surface area (Å²) in [4.78, 5) is 17.7. The predicted octanol–water partition coefficient (Wildman–Crippen LogP) is 4.47. The van der Waals surface area contributed by atoms with Gasteiger partial charge in [-0.05, 0) is 49.4 Å². The average molecular weight is 509 g/mol. The van der Waals surface area contributed by atoms with Crippen LogP contribution in [0.3, 0.4) is 0 Å². The van der Waals surface area contributed by atoms with Crippen molar-refractivity contribution in [1.29, 1.82) is 0 Å². The number of imidazole rings is 1. The second-order valence-electron chi connectivity index (χ2n) is 6.98. The van der Waals surface area contributed by atoms with Gasteiger partial charge in [-0.1, -0.05) is 39.1 Å². The van der Waals surface area contributed by atoms with Crippen molar-refractivity contribution in [2.24, 2.45) is 0 Å². The zero-order valence-electron chi connectivity index (χ0n) is 16.3. The Kier molecular flexibility index (Phi) is 6.46. The van der Waals surface area contributed by atoms with E-state index in [4.69, 9.17) is 28.2 Å². The minimum Gasteiger partial charge on any atom is -0.314 e. The summed E-state index contributed by atoms with van der Waals surface area (Å²) in [5.74, 6) is 0.346. The molecule has 3 aromatic rings. The van der Waals surface area contributed by atoms with Gasteiger partial charge >= 0.3 is 0 Å². The molecule has 2 aromatic carbocycles. The maximum absolute atomic E-state index is 13.0. The van der Waals surface area contributed by atoms with E-state index in [0.717, 1.165) is 42.0 Å². The molecule has 0 atom stereocenters. The van der Waals surface area contributed by atoms with Gasteiger partial charge in [0.25, 0.3) is 5.91 Å². The molecule has 9 heteroatoms. The minimum atomic E-state index is -0.239. The van der Waals surface area contributed by atoms with Gasteiger partial charge in [0.2, 0.25) is 0 Å². The Morgan fingerprint density at radius 2 is 1.83 bits per heavy atom. The number of amides is 1. The van der Waals surface area contributed by atoms with E-state index in [0.29, 0.717) is 27.1 Å². The number of piperazine rings is 1. The number of nitrogens with zero attached hydrogens (tertiary/aromatic N) is 3. The molecule has 0 radical (unpaired) electrons. The Bertz CT molecular complexity index is 1080. The van der Waals surface area contributed by atoms with Gasteiger partial charge in [-0.25, -0.2) is 9.99 Å². The smallest absolute Gasteiger partial charge is 0.286 e. The van der Waals surface area contributed by atoms with Crippen LogP contribution in [0.25, 0.3) is 17.1 Å². The van der Waals surface area contributed by atoms with Crippen molar-refractivity contribution in [2.45, 2.75) is 6.92 Å². The summed E-state index contributed by atoms with van der Waals surface area (Å²) in [5, 5.41) is 6.19. The van der Waals surface area contributed by atoms with Crippen molar-refractivity contribution < 1.29 is 4.79 Å². The lowest BCUT2D eigenvalue weighted by atomic mass is 10.2. The highest BCUT2D eigenvalue weighted by atomic mass is 79.9. The van der Waals surface area contributed by atoms with E-state index < -0.39 is 0 Å². The Morgan fingerprint density at radius 1 is 1.13 bits per heavy atom. The van der Waals surface area contributed by atoms with Gasteiger partial charge in [-0.2, -0.15) is 0 Å². The topological polar surface area (TPSA) is 62.2 Å². The van der Waals surface area contributed by atoms with Crippen molar-refractivity contribution >= 4 is 45.0 Å². The largest absolute Gasteiger partial charge is 0.314 e. The summed E-state index contributed by atoms with van der Waals surface area (Å²) in [6.07, 6.45) is 0. The Balaban J connectivity index is 1.80. The summed E-state index contributed by atoms with van der Waals surface area (Å²) in [6.45, 7) is 5.04. The highest BCUT2D eigenvalue weighted by Gasteiger charge is 2.24. The van der Waals surface area contributed by atoms with Gasteiger partial charge in [-0.3, -0.25) is 14.8 Å². The van der Waals surface area contributed by atoms with E-state index >= 15 is 0 Å². The zero-order chi connectivity index (χ0) is 21.3. The maximum Gasteiger partial charge on any atom is 0.286 e. The second kappa shape index (κ2) is 9.08. The van der Waals surface area contributed by atoms with E-state index in [1.165, 1.54) is 0 Å². The molecule has 4 rings (SSSR count). The molecule has 0 spiro atoms. The summed E-state index contributed by atoms with van der Waals surface area (Å²) >= 11 is 16.0. The van der Waals surface area contributed by atoms with Crippen LogP contribution in [0.2, 0.25) is 10.0 Å². The standard InChI is InChI=1S/C21H20BrCl2N5O/c1-13-19(21(30)27-28-10-8-25-9-11-28)26-20(17-7-4-15(23)12-18(17)24)29(13)16-5-2-14(22)3-6-16/h2-7,12,25H,8-11H2,1H3,(H,27,30). The van der Waals surface area contributed by atoms with Crippen molar-refractivity contribution in [3.05, 3.63) is 68.4 Å². The van der Waals surface area contributed by atoms with Gasteiger partial charge < -0.3 is 5.32 Å². The summed E-state index contributed by atoms with van der Waals surface area (Å²) in [5.41, 5.74) is 5.64. The van der Waals surface area contributed by atoms with E-state index in [1.54, 1.807) is 12.1 Å². The van der Waals surface area contributed by atoms with Gasteiger partial charge in [0.15, 0.2) is 5.69 Å². The molecular weight excluding hydrogens is 489 g/mol. The van der Waals surface area contributed by atoms with Crippen LogP contribution < -0.4 is 10.7 Å². The molecule has 0 unspecified atom stereocenters. The molecule has 6 nitrogen and oxygen atoms in total. The Hall–Kier alpha value is -1.90. The van der Waals surface area contributed by atoms with Crippen molar-refractivity contribution in [2.75, 3.05) is 26.2 Å². The number of hydrazine groups is 1. The maximum atomic E-state index is 13.0. The number of carbonyl (C=O) groups excluding carboxylic acids is 1. The number of halogens is 3. The second-order valence-corrected chi connectivity index (χ2v) is 8.74. The van der Waals surface area contributed by atoms with Crippen LogP contribution in [0.5, 0.6) is 0 Å². The van der Waals surface area contributed by atoms with Gasteiger partial charge in [0.1, 0.15) is 5.82 Å². The quantitative estimate of drug-likeness (QED) is 0.546. The normalized spacial score (nSPS) is 14.7. The molecular formula is C21H20BrCl2N5O. The third-order valence-electron chi connectivity index (χ3n) is 4.96. The number of carbonyl (C=O) groups is 1. The fourth-order valence-corrected chi connectivity index (χ4v) is 4.20. The Morgan fingerprint density at radius 3 is 2.50 bits per heavy atom. The molecule has 1 aliphatic rings. The highest BCUT2D eigenvalue weighted by molar-refractivity contribution is 9.10. The first-order valence-corrected chi connectivity index (χ1v) is 11.1. The molecule has 2 N–H and O–H groups in total. The molecule has 1 fully saturated rings. The van der Waals surface area contributed by atoms with Crippen LogP contribution in [0, 0.1) is 6.92 Å². The summed E-state index contributed by atoms with van der Waals surface area (Å²) in [6, 6.07) is 13.1. The van der Waals surface area contributed by atoms with Gasteiger partial charge in [0.05, 0.1) is 10.7 Å². The molecule has 1 saturated heterocycles. The first-order chi connectivity index (χ1) is 14.4. The van der Waals surface area contributed by atoms with Crippen LogP contribution in [0.1, 0.15) is 16.2 Å². The van der Waals surface area contributed by atoms with Crippen molar-refractivity contribution in [3.63, 3.8) is 0 Å². The van der Waals surface area contributed by atoms with Crippen LogP contribution in [0.4, 0.5) is 0 Å². The monoisotopic (exact) mass is 507 g/mol. The first kappa shape index (κ1) is 21.3. The number of nitrogens with one attached hydrogen (secondary N) is 2. The molecule has 1 amide bonds. The summed E-state index contributed by atoms with van der Waals surface area (Å²) < 4.78 is 2.90. The molecule has 0 saturated carbocycles. The molecule has 0 aliphatic carbocycles. The van der Waals surface area contributed by atoms with E-state index in [1.807, 2.05) is 46.8 Å². The van der Waals surface area contributed by atoms with Gasteiger partial charge in [0, 0.05) is 46.9 Å². The van der Waals surface area contributed by atoms with Crippen LogP contribution in [-0.2, 0) is 0 Å². The number of hydrogen-bond acceptors (Lipinski definition) is 4. The average Bonchev–Trinajstić information content (AvgIpc) is 3.06. The molecule has 0 bridgehead atoms. The number of aromatic nitrogens is 2. The van der Waals surface area contributed by atoms with Crippen LogP contribution in [0.15, 0.2) is 46.9 Å². The SMILES string of the molecule is Cc1c(C(=O)NN2CCNCC2)nc(-c2ccc(Cl)cc2Cl)n1-c1ccc(Br)cc1. The minimum absolute atomic E-state index is 0.239. The first-order valence-electron chi connectivity index (χ1n) is 9.51. The van der Waals surface area contributed by atoms with Crippen LogP contribution >= 0.6 is 39.1 Å². The molecule has 30 heavy (non-hydrogen) atoms. The van der Waals surface area contributed by atoms with E-state index in [2.05, 4.69) is 26.7 Å². The van der Waals surface area contributed by atoms with E-state index in [9.17, 15) is 4.79 Å². The van der Waals surface area contributed by atoms with Crippen LogP contribution in [-0.4, -0.2) is 46.6 Å². The fraction of sp³-hybridized carbons (Fsp3) is 0.238. The summed E-state index contributed by atoms with van der Waals surface area (Å²) in [7, 11) is 0.